The molecule has 0 atom stereocenters. The largest absolute Gasteiger partial charge is 0.506 e. The molecule has 1 aromatic carbocycles. The highest BCUT2D eigenvalue weighted by Gasteiger charge is 2.20. The Kier molecular flexibility index (Phi) is 5.36. The lowest BCUT2D eigenvalue weighted by molar-refractivity contribution is -0.141. The highest BCUT2D eigenvalue weighted by Crippen LogP contribution is 2.34. The van der Waals surface area contributed by atoms with Crippen LogP contribution in [0.3, 0.4) is 0 Å². The molecule has 22 heavy (non-hydrogen) atoms. The molecule has 6 nitrogen and oxygen atoms in total. The van der Waals surface area contributed by atoms with E-state index in [1.807, 2.05) is 0 Å². The molecule has 0 saturated carbocycles. The molecule has 0 bridgehead atoms. The SMILES string of the molecule is CCOC(=O)CNC(=O)c1c(O)c(Br)cc2cc(Br)cnc12. The summed E-state index contributed by atoms with van der Waals surface area (Å²) in [6.07, 6.45) is 1.53. The Bertz CT molecular complexity index is 749. The van der Waals surface area contributed by atoms with Gasteiger partial charge in [-0.3, -0.25) is 14.6 Å². The van der Waals surface area contributed by atoms with Crippen molar-refractivity contribution in [3.63, 3.8) is 0 Å². The van der Waals surface area contributed by atoms with Gasteiger partial charge in [-0.1, -0.05) is 0 Å². The molecular formula is C14H12Br2N2O4. The number of carbonyl (C=O) groups excluding carboxylic acids is 2. The number of hydrogen-bond acceptors (Lipinski definition) is 5. The van der Waals surface area contributed by atoms with E-state index in [9.17, 15) is 14.7 Å². The smallest absolute Gasteiger partial charge is 0.325 e. The molecule has 2 N–H and O–H groups in total. The Morgan fingerprint density at radius 3 is 2.77 bits per heavy atom. The van der Waals surface area contributed by atoms with Gasteiger partial charge in [0.15, 0.2) is 0 Å². The number of amides is 1. The first-order valence-electron chi connectivity index (χ1n) is 6.34. The van der Waals surface area contributed by atoms with Crippen molar-refractivity contribution in [2.24, 2.45) is 0 Å². The number of carbonyl (C=O) groups is 2. The van der Waals surface area contributed by atoms with Gasteiger partial charge in [0.1, 0.15) is 17.9 Å². The van der Waals surface area contributed by atoms with Crippen LogP contribution in [0.25, 0.3) is 10.9 Å². The number of esters is 1. The molecule has 0 aliphatic heterocycles. The van der Waals surface area contributed by atoms with Gasteiger partial charge >= 0.3 is 5.97 Å². The van der Waals surface area contributed by atoms with Gasteiger partial charge in [-0.15, -0.1) is 0 Å². The van der Waals surface area contributed by atoms with Gasteiger partial charge in [0, 0.05) is 16.1 Å². The normalized spacial score (nSPS) is 10.5. The van der Waals surface area contributed by atoms with Crippen molar-refractivity contribution in [2.45, 2.75) is 6.92 Å². The van der Waals surface area contributed by atoms with E-state index in [-0.39, 0.29) is 24.5 Å². The van der Waals surface area contributed by atoms with Crippen molar-refractivity contribution >= 4 is 54.6 Å². The number of hydrogen-bond donors (Lipinski definition) is 2. The molecule has 116 valence electrons. The number of benzene rings is 1. The van der Waals surface area contributed by atoms with Gasteiger partial charge in [0.2, 0.25) is 0 Å². The molecule has 0 unspecified atom stereocenters. The van der Waals surface area contributed by atoms with Crippen LogP contribution in [0, 0.1) is 0 Å². The molecule has 0 radical (unpaired) electrons. The summed E-state index contributed by atoms with van der Waals surface area (Å²) in [4.78, 5) is 27.7. The minimum absolute atomic E-state index is 0.00109. The fourth-order valence-electron chi connectivity index (χ4n) is 1.88. The molecule has 2 rings (SSSR count). The third-order valence-corrected chi connectivity index (χ3v) is 3.83. The van der Waals surface area contributed by atoms with E-state index < -0.39 is 11.9 Å². The minimum Gasteiger partial charge on any atom is -0.506 e. The lowest BCUT2D eigenvalue weighted by Gasteiger charge is -2.11. The highest BCUT2D eigenvalue weighted by atomic mass is 79.9. The highest BCUT2D eigenvalue weighted by molar-refractivity contribution is 9.10. The van der Waals surface area contributed by atoms with E-state index >= 15 is 0 Å². The van der Waals surface area contributed by atoms with E-state index in [1.54, 1.807) is 19.1 Å². The van der Waals surface area contributed by atoms with Gasteiger partial charge in [0.05, 0.1) is 16.6 Å². The van der Waals surface area contributed by atoms with E-state index in [0.29, 0.717) is 15.4 Å². The zero-order valence-corrected chi connectivity index (χ0v) is 14.7. The predicted molar refractivity (Wildman–Crippen MR) is 87.8 cm³/mol. The average molecular weight is 432 g/mol. The number of ether oxygens (including phenoxy) is 1. The summed E-state index contributed by atoms with van der Waals surface area (Å²) >= 11 is 6.50. The van der Waals surface area contributed by atoms with Crippen LogP contribution in [0.4, 0.5) is 0 Å². The first-order chi connectivity index (χ1) is 10.4. The molecule has 1 amide bonds. The maximum atomic E-state index is 12.3. The summed E-state index contributed by atoms with van der Waals surface area (Å²) in [5, 5.41) is 13.2. The third kappa shape index (κ3) is 3.56. The van der Waals surface area contributed by atoms with Crippen LogP contribution in [-0.2, 0) is 9.53 Å². The fourth-order valence-corrected chi connectivity index (χ4v) is 2.67. The predicted octanol–water partition coefficient (Wildman–Crippen LogP) is 2.76. The molecule has 0 fully saturated rings. The Morgan fingerprint density at radius 1 is 1.36 bits per heavy atom. The second kappa shape index (κ2) is 7.06. The fraction of sp³-hybridized carbons (Fsp3) is 0.214. The molecule has 0 aliphatic rings. The molecule has 2 aromatic rings. The zero-order chi connectivity index (χ0) is 16.3. The number of fused-ring (bicyclic) bond motifs is 1. The second-order valence-corrected chi connectivity index (χ2v) is 6.06. The number of phenolic OH excluding ortho intramolecular Hbond substituents is 1. The molecule has 0 spiro atoms. The zero-order valence-electron chi connectivity index (χ0n) is 11.5. The third-order valence-electron chi connectivity index (χ3n) is 2.79. The lowest BCUT2D eigenvalue weighted by atomic mass is 10.1. The maximum Gasteiger partial charge on any atom is 0.325 e. The van der Waals surface area contributed by atoms with Crippen molar-refractivity contribution in [3.8, 4) is 5.75 Å². The van der Waals surface area contributed by atoms with Gasteiger partial charge in [-0.25, -0.2) is 0 Å². The van der Waals surface area contributed by atoms with Gasteiger partial charge in [-0.05, 0) is 50.9 Å². The Balaban J connectivity index is 2.39. The summed E-state index contributed by atoms with van der Waals surface area (Å²) in [6, 6.07) is 3.43. The van der Waals surface area contributed by atoms with E-state index in [1.165, 1.54) is 6.20 Å². The summed E-state index contributed by atoms with van der Waals surface area (Å²) in [5.74, 6) is -1.39. The second-order valence-electron chi connectivity index (χ2n) is 4.29. The van der Waals surface area contributed by atoms with Gasteiger partial charge in [0.25, 0.3) is 5.91 Å². The monoisotopic (exact) mass is 430 g/mol. The topological polar surface area (TPSA) is 88.5 Å². The van der Waals surface area contributed by atoms with E-state index in [2.05, 4.69) is 42.2 Å². The van der Waals surface area contributed by atoms with E-state index in [4.69, 9.17) is 4.74 Å². The lowest BCUT2D eigenvalue weighted by Crippen LogP contribution is -2.31. The van der Waals surface area contributed by atoms with Gasteiger partial charge in [-0.2, -0.15) is 0 Å². The van der Waals surface area contributed by atoms with Crippen LogP contribution < -0.4 is 5.32 Å². The Labute approximate surface area is 143 Å². The number of phenols is 1. The summed E-state index contributed by atoms with van der Waals surface area (Å²) in [5.41, 5.74) is 0.339. The van der Waals surface area contributed by atoms with Crippen LogP contribution in [0.15, 0.2) is 27.3 Å². The summed E-state index contributed by atoms with van der Waals surface area (Å²) < 4.78 is 5.85. The summed E-state index contributed by atoms with van der Waals surface area (Å²) in [6.45, 7) is 1.63. The number of nitrogens with zero attached hydrogens (tertiary/aromatic N) is 1. The van der Waals surface area contributed by atoms with Crippen LogP contribution in [0.5, 0.6) is 5.75 Å². The molecule has 1 aromatic heterocycles. The number of rotatable bonds is 4. The van der Waals surface area contributed by atoms with Crippen molar-refractivity contribution in [1.82, 2.24) is 10.3 Å². The van der Waals surface area contributed by atoms with Crippen molar-refractivity contribution in [2.75, 3.05) is 13.2 Å². The number of pyridine rings is 1. The molecule has 1 heterocycles. The number of aromatic hydroxyl groups is 1. The summed E-state index contributed by atoms with van der Waals surface area (Å²) in [7, 11) is 0. The minimum atomic E-state index is -0.605. The first kappa shape index (κ1) is 16.7. The quantitative estimate of drug-likeness (QED) is 0.726. The van der Waals surface area contributed by atoms with Gasteiger partial charge < -0.3 is 15.2 Å². The maximum absolute atomic E-state index is 12.3. The number of aromatic nitrogens is 1. The molecule has 8 heteroatoms. The first-order valence-corrected chi connectivity index (χ1v) is 7.93. The Hall–Kier alpha value is -1.67. The average Bonchev–Trinajstić information content (AvgIpc) is 2.46. The Morgan fingerprint density at radius 2 is 2.09 bits per heavy atom. The molecule has 0 saturated heterocycles. The molecule has 0 aliphatic carbocycles. The van der Waals surface area contributed by atoms with E-state index in [0.717, 1.165) is 4.47 Å². The van der Waals surface area contributed by atoms with Crippen molar-refractivity contribution < 1.29 is 19.4 Å². The van der Waals surface area contributed by atoms with Crippen molar-refractivity contribution in [3.05, 3.63) is 32.8 Å². The number of halogens is 2. The van der Waals surface area contributed by atoms with Crippen LogP contribution >= 0.6 is 31.9 Å². The van der Waals surface area contributed by atoms with Crippen LogP contribution in [0.2, 0.25) is 0 Å². The van der Waals surface area contributed by atoms with Crippen molar-refractivity contribution in [1.29, 1.82) is 0 Å². The number of nitrogens with one attached hydrogen (secondary N) is 1. The van der Waals surface area contributed by atoms with Crippen LogP contribution in [-0.4, -0.2) is 35.1 Å². The molecular weight excluding hydrogens is 420 g/mol. The standard InChI is InChI=1S/C14H12Br2N2O4/c1-2-22-10(19)6-18-14(21)11-12-7(3-8(15)5-17-12)4-9(16)13(11)20/h3-5,20H,2,6H2,1H3,(H,18,21). The van der Waals surface area contributed by atoms with Crippen LogP contribution in [0.1, 0.15) is 17.3 Å².